The zero-order chi connectivity index (χ0) is 16.9. The van der Waals surface area contributed by atoms with E-state index in [1.807, 2.05) is 50.2 Å². The molecule has 1 N–H and O–H groups in total. The van der Waals surface area contributed by atoms with Crippen LogP contribution in [-0.4, -0.2) is 23.0 Å². The third-order valence-electron chi connectivity index (χ3n) is 3.79. The van der Waals surface area contributed by atoms with Crippen LogP contribution in [0.2, 0.25) is 0 Å². The second-order valence-electron chi connectivity index (χ2n) is 5.59. The molecule has 0 saturated carbocycles. The molecule has 4 aromatic rings. The molecule has 0 radical (unpaired) electrons. The normalized spacial score (nSPS) is 12.1. The molecule has 4 rings (SSSR count). The van der Waals surface area contributed by atoms with E-state index in [-0.39, 0.29) is 5.16 Å². The molecule has 122 valence electrons. The highest BCUT2D eigenvalue weighted by atomic mass is 32.2. The van der Waals surface area contributed by atoms with Crippen LogP contribution in [0.3, 0.4) is 0 Å². The van der Waals surface area contributed by atoms with E-state index in [2.05, 4.69) is 14.9 Å². The van der Waals surface area contributed by atoms with Crippen LogP contribution in [0.15, 0.2) is 47.6 Å². The summed E-state index contributed by atoms with van der Waals surface area (Å²) in [7, 11) is -3.85. The molecule has 0 unspecified atom stereocenters. The maximum Gasteiger partial charge on any atom is 0.298 e. The fraction of sp³-hybridized carbons (Fsp3) is 0.125. The molecule has 0 aliphatic carbocycles. The van der Waals surface area contributed by atoms with Crippen molar-refractivity contribution in [2.75, 3.05) is 4.72 Å². The zero-order valence-electron chi connectivity index (χ0n) is 13.0. The Hall–Kier alpha value is -2.45. The Morgan fingerprint density at radius 3 is 2.71 bits per heavy atom. The first-order chi connectivity index (χ1) is 11.5. The molecule has 0 saturated heterocycles. The van der Waals surface area contributed by atoms with E-state index < -0.39 is 10.0 Å². The lowest BCUT2D eigenvalue weighted by Crippen LogP contribution is -2.17. The number of anilines is 1. The molecule has 0 bridgehead atoms. The first-order valence-corrected chi connectivity index (χ1v) is 9.58. The summed E-state index contributed by atoms with van der Waals surface area (Å²) >= 11 is 1.41. The lowest BCUT2D eigenvalue weighted by atomic mass is 10.1. The molecule has 2 aromatic heterocycles. The van der Waals surface area contributed by atoms with E-state index >= 15 is 0 Å². The van der Waals surface area contributed by atoms with Gasteiger partial charge in [-0.05, 0) is 43.2 Å². The van der Waals surface area contributed by atoms with Crippen molar-refractivity contribution in [1.82, 2.24) is 14.6 Å². The Morgan fingerprint density at radius 1 is 1.08 bits per heavy atom. The van der Waals surface area contributed by atoms with Crippen LogP contribution < -0.4 is 4.72 Å². The summed E-state index contributed by atoms with van der Waals surface area (Å²) in [5, 5.41) is 7.81. The monoisotopic (exact) mass is 358 g/mol. The van der Waals surface area contributed by atoms with Gasteiger partial charge in [0.25, 0.3) is 15.2 Å². The van der Waals surface area contributed by atoms with Gasteiger partial charge in [0, 0.05) is 0 Å². The molecule has 2 aromatic carbocycles. The van der Waals surface area contributed by atoms with Crippen molar-refractivity contribution in [3.63, 3.8) is 0 Å². The van der Waals surface area contributed by atoms with E-state index in [4.69, 9.17) is 0 Å². The highest BCUT2D eigenvalue weighted by molar-refractivity contribution is 7.92. The number of hydrogen-bond donors (Lipinski definition) is 1. The first kappa shape index (κ1) is 15.1. The Bertz CT molecular complexity index is 1180. The number of nitrogens with zero attached hydrogens (tertiary/aromatic N) is 3. The van der Waals surface area contributed by atoms with Gasteiger partial charge >= 0.3 is 0 Å². The average molecular weight is 358 g/mol. The molecule has 8 heteroatoms. The number of aryl methyl sites for hydroxylation is 2. The lowest BCUT2D eigenvalue weighted by molar-refractivity contribution is 0.591. The van der Waals surface area contributed by atoms with Crippen molar-refractivity contribution in [2.24, 2.45) is 0 Å². The molecule has 0 amide bonds. The van der Waals surface area contributed by atoms with Gasteiger partial charge in [-0.15, -0.1) is 10.2 Å². The van der Waals surface area contributed by atoms with Crippen LogP contribution in [0.25, 0.3) is 15.2 Å². The molecule has 0 spiro atoms. The highest BCUT2D eigenvalue weighted by Crippen LogP contribution is 2.28. The minimum Gasteiger partial charge on any atom is -0.277 e. The number of sulfonamides is 1. The van der Waals surface area contributed by atoms with E-state index in [1.165, 1.54) is 11.3 Å². The molecule has 0 atom stereocenters. The summed E-state index contributed by atoms with van der Waals surface area (Å²) in [5.41, 5.74) is 3.15. The van der Waals surface area contributed by atoms with Crippen molar-refractivity contribution < 1.29 is 8.42 Å². The summed E-state index contributed by atoms with van der Waals surface area (Å²) in [6.45, 7) is 3.77. The van der Waals surface area contributed by atoms with Crippen molar-refractivity contribution in [2.45, 2.75) is 19.0 Å². The van der Waals surface area contributed by atoms with E-state index in [0.717, 1.165) is 21.3 Å². The van der Waals surface area contributed by atoms with Gasteiger partial charge in [0.15, 0.2) is 0 Å². The lowest BCUT2D eigenvalue weighted by Gasteiger charge is -2.10. The number of hydrogen-bond acceptors (Lipinski definition) is 5. The molecule has 0 fully saturated rings. The van der Waals surface area contributed by atoms with Gasteiger partial charge in [-0.1, -0.05) is 35.6 Å². The number of fused-ring (bicyclic) bond motifs is 3. The van der Waals surface area contributed by atoms with Crippen LogP contribution in [0.5, 0.6) is 0 Å². The van der Waals surface area contributed by atoms with E-state index in [9.17, 15) is 8.42 Å². The van der Waals surface area contributed by atoms with E-state index in [0.29, 0.717) is 10.6 Å². The fourth-order valence-electron chi connectivity index (χ4n) is 2.57. The van der Waals surface area contributed by atoms with Crippen molar-refractivity contribution in [3.05, 3.63) is 53.6 Å². The molecule has 0 aliphatic heterocycles. The van der Waals surface area contributed by atoms with Crippen LogP contribution >= 0.6 is 11.3 Å². The smallest absolute Gasteiger partial charge is 0.277 e. The molecule has 6 nitrogen and oxygen atoms in total. The van der Waals surface area contributed by atoms with Crippen LogP contribution in [0, 0.1) is 13.8 Å². The fourth-order valence-corrected chi connectivity index (χ4v) is 4.76. The Kier molecular flexibility index (Phi) is 3.33. The van der Waals surface area contributed by atoms with Gasteiger partial charge in [0.2, 0.25) is 4.96 Å². The van der Waals surface area contributed by atoms with Gasteiger partial charge in [-0.25, -0.2) is 0 Å². The SMILES string of the molecule is Cc1ccc(C)c(NS(=O)(=O)c2nnc3sc4ccccc4n23)c1. The van der Waals surface area contributed by atoms with Gasteiger partial charge in [0.05, 0.1) is 15.9 Å². The largest absolute Gasteiger partial charge is 0.298 e. The Morgan fingerprint density at radius 2 is 1.88 bits per heavy atom. The predicted octanol–water partition coefficient (Wildman–Crippen LogP) is 3.36. The third-order valence-corrected chi connectivity index (χ3v) is 6.03. The molecule has 2 heterocycles. The van der Waals surface area contributed by atoms with E-state index in [1.54, 1.807) is 10.5 Å². The Labute approximate surface area is 142 Å². The minimum atomic E-state index is -3.85. The number of thiazole rings is 1. The number of nitrogens with one attached hydrogen (secondary N) is 1. The topological polar surface area (TPSA) is 76.4 Å². The van der Waals surface area contributed by atoms with Gasteiger partial charge < -0.3 is 0 Å². The molecular formula is C16H14N4O2S2. The maximum atomic E-state index is 12.9. The summed E-state index contributed by atoms with van der Waals surface area (Å²) in [6.07, 6.45) is 0. The molecule has 0 aliphatic rings. The first-order valence-electron chi connectivity index (χ1n) is 7.28. The summed E-state index contributed by atoms with van der Waals surface area (Å²) in [5.74, 6) is 0. The summed E-state index contributed by atoms with van der Waals surface area (Å²) < 4.78 is 30.9. The van der Waals surface area contributed by atoms with Crippen LogP contribution in [0.1, 0.15) is 11.1 Å². The second kappa shape index (κ2) is 5.29. The predicted molar refractivity (Wildman–Crippen MR) is 95.1 cm³/mol. The van der Waals surface area contributed by atoms with Crippen LogP contribution in [-0.2, 0) is 10.0 Å². The number of para-hydroxylation sites is 1. The average Bonchev–Trinajstić information content (AvgIpc) is 3.09. The van der Waals surface area contributed by atoms with Crippen molar-refractivity contribution >= 4 is 42.2 Å². The summed E-state index contributed by atoms with van der Waals surface area (Å²) in [6, 6.07) is 13.2. The zero-order valence-corrected chi connectivity index (χ0v) is 14.6. The number of aromatic nitrogens is 3. The van der Waals surface area contributed by atoms with Crippen molar-refractivity contribution in [3.8, 4) is 0 Å². The maximum absolute atomic E-state index is 12.9. The number of benzene rings is 2. The van der Waals surface area contributed by atoms with Crippen molar-refractivity contribution in [1.29, 1.82) is 0 Å². The van der Waals surface area contributed by atoms with Gasteiger partial charge in [-0.2, -0.15) is 8.42 Å². The Balaban J connectivity index is 1.88. The van der Waals surface area contributed by atoms with Crippen LogP contribution in [0.4, 0.5) is 5.69 Å². The van der Waals surface area contributed by atoms with Gasteiger partial charge in [-0.3, -0.25) is 9.12 Å². The molecule has 24 heavy (non-hydrogen) atoms. The molecular weight excluding hydrogens is 344 g/mol. The highest BCUT2D eigenvalue weighted by Gasteiger charge is 2.24. The second-order valence-corrected chi connectivity index (χ2v) is 8.18. The standard InChI is InChI=1S/C16H14N4O2S2/c1-10-7-8-11(2)12(9-10)19-24(21,22)16-18-17-15-20(16)13-5-3-4-6-14(13)23-15/h3-9,19H,1-2H3. The summed E-state index contributed by atoms with van der Waals surface area (Å²) in [4.78, 5) is 0.553. The van der Waals surface area contributed by atoms with Gasteiger partial charge in [0.1, 0.15) is 0 Å². The quantitative estimate of drug-likeness (QED) is 0.609. The minimum absolute atomic E-state index is 0.101. The number of rotatable bonds is 3. The third kappa shape index (κ3) is 2.35.